The summed E-state index contributed by atoms with van der Waals surface area (Å²) in [7, 11) is 3.00. The van der Waals surface area contributed by atoms with Crippen LogP contribution in [-0.2, 0) is 9.59 Å². The van der Waals surface area contributed by atoms with Crippen molar-refractivity contribution >= 4 is 70.2 Å². The van der Waals surface area contributed by atoms with Gasteiger partial charge in [0, 0.05) is 61.9 Å². The number of nitrogens with one attached hydrogen (secondary N) is 2. The van der Waals surface area contributed by atoms with Gasteiger partial charge in [-0.2, -0.15) is 0 Å². The van der Waals surface area contributed by atoms with E-state index in [-0.39, 0.29) is 60.4 Å². The predicted octanol–water partition coefficient (Wildman–Crippen LogP) is 6.62. The van der Waals surface area contributed by atoms with Crippen molar-refractivity contribution in [1.29, 1.82) is 0 Å². The second-order valence-electron chi connectivity index (χ2n) is 16.9. The molecule has 0 radical (unpaired) electrons. The van der Waals surface area contributed by atoms with Crippen LogP contribution in [0.2, 0.25) is 0 Å². The Morgan fingerprint density at radius 2 is 1.19 bits per heavy atom. The number of rotatable bonds is 16. The first-order chi connectivity index (χ1) is 32.2. The number of aliphatic imine (C=N–C) groups is 2. The van der Waals surface area contributed by atoms with Gasteiger partial charge in [-0.25, -0.2) is 4.79 Å². The molecule has 4 aliphatic heterocycles. The number of carboxylic acid groups (broad SMARTS) is 1. The highest BCUT2D eigenvalue weighted by molar-refractivity contribution is 6.07. The van der Waals surface area contributed by atoms with Crippen LogP contribution in [0.1, 0.15) is 82.2 Å². The van der Waals surface area contributed by atoms with Gasteiger partial charge in [0.05, 0.1) is 73.6 Å². The van der Waals surface area contributed by atoms with Crippen molar-refractivity contribution in [3.8, 4) is 23.0 Å². The number of amides is 4. The minimum Gasteiger partial charge on any atom is -0.493 e. The number of benzene rings is 4. The summed E-state index contributed by atoms with van der Waals surface area (Å²) in [5.74, 6) is -0.751. The SMILES string of the molecule is COc1cc2c(cc1OCCCOc1cc3c(cc1OC)C(=O)N1C=C(c4ccc(C(=O)O)cc4)C[C@H]1C=N3)N=C[C@@H]1CC(c3ccc(NC(=O)C(C)NC(=O)C(N)C(C)C)cc3)=CN1C2=O. The predicted molar refractivity (Wildman–Crippen MR) is 252 cm³/mol. The highest BCUT2D eigenvalue weighted by Gasteiger charge is 2.35. The van der Waals surface area contributed by atoms with Crippen LogP contribution in [0.15, 0.2) is 95.2 Å². The molecule has 346 valence electrons. The summed E-state index contributed by atoms with van der Waals surface area (Å²) < 4.78 is 23.5. The number of aromatic carboxylic acids is 1. The second-order valence-corrected chi connectivity index (χ2v) is 16.9. The number of fused-ring (bicyclic) bond motifs is 4. The summed E-state index contributed by atoms with van der Waals surface area (Å²) in [5, 5.41) is 14.7. The molecule has 17 heteroatoms. The Morgan fingerprint density at radius 1 is 0.716 bits per heavy atom. The van der Waals surface area contributed by atoms with E-state index in [0.717, 1.165) is 22.3 Å². The number of hydrogen-bond acceptors (Lipinski definition) is 12. The van der Waals surface area contributed by atoms with E-state index < -0.39 is 18.1 Å². The Morgan fingerprint density at radius 3 is 1.64 bits per heavy atom. The highest BCUT2D eigenvalue weighted by atomic mass is 16.5. The summed E-state index contributed by atoms with van der Waals surface area (Å²) in [5.41, 5.74) is 11.8. The van der Waals surface area contributed by atoms with Crippen molar-refractivity contribution in [3.63, 3.8) is 0 Å². The van der Waals surface area contributed by atoms with Crippen molar-refractivity contribution in [2.75, 3.05) is 32.8 Å². The minimum atomic E-state index is -1.00. The molecule has 0 aliphatic carbocycles. The molecule has 0 spiro atoms. The van der Waals surface area contributed by atoms with E-state index in [1.54, 1.807) is 96.0 Å². The lowest BCUT2D eigenvalue weighted by Crippen LogP contribution is -2.50. The number of carboxylic acids is 1. The Balaban J connectivity index is 0.862. The number of methoxy groups -OCH3 is 2. The average molecular weight is 910 g/mol. The molecule has 4 aromatic carbocycles. The van der Waals surface area contributed by atoms with Crippen LogP contribution in [0, 0.1) is 5.92 Å². The highest BCUT2D eigenvalue weighted by Crippen LogP contribution is 2.42. The van der Waals surface area contributed by atoms with Crippen molar-refractivity contribution < 1.29 is 48.0 Å². The van der Waals surface area contributed by atoms with E-state index in [4.69, 9.17) is 29.7 Å². The van der Waals surface area contributed by atoms with Gasteiger partial charge >= 0.3 is 5.97 Å². The number of anilines is 1. The maximum absolute atomic E-state index is 14.0. The molecule has 4 atom stereocenters. The van der Waals surface area contributed by atoms with Gasteiger partial charge in [0.2, 0.25) is 11.8 Å². The lowest BCUT2D eigenvalue weighted by atomic mass is 10.0. The van der Waals surface area contributed by atoms with Gasteiger partial charge in [-0.3, -0.25) is 29.2 Å². The van der Waals surface area contributed by atoms with Crippen LogP contribution in [0.3, 0.4) is 0 Å². The molecule has 0 bridgehead atoms. The van der Waals surface area contributed by atoms with E-state index in [1.807, 2.05) is 32.2 Å². The van der Waals surface area contributed by atoms with Crippen molar-refractivity contribution in [2.24, 2.45) is 21.6 Å². The van der Waals surface area contributed by atoms with E-state index >= 15 is 0 Å². The quantitative estimate of drug-likeness (QED) is 0.0875. The zero-order valence-electron chi connectivity index (χ0n) is 37.6. The summed E-state index contributed by atoms with van der Waals surface area (Å²) in [6.07, 6.45) is 8.60. The van der Waals surface area contributed by atoms with Crippen LogP contribution in [0.5, 0.6) is 23.0 Å². The van der Waals surface area contributed by atoms with Crippen molar-refractivity contribution in [2.45, 2.75) is 64.2 Å². The molecule has 4 aromatic rings. The number of carbonyl (C=O) groups is 5. The lowest BCUT2D eigenvalue weighted by molar-refractivity contribution is -0.127. The standard InChI is InChI=1S/C50H51N7O10/c1-27(2)45(51)47(59)54-28(3)46(58)55-34-13-11-30(12-14-34)33-18-36-24-53-40-22-44(42(65-5)20-38(40)49(61)57(36)26-33)67-16-6-15-66-43-21-39-37(19-41(43)64-4)48(60)56-25-32(17-35(56)23-52-39)29-7-9-31(10-8-29)50(62)63/h7-14,19-28,35-36,45H,6,15-18,51H2,1-5H3,(H,54,59)(H,55,58)(H,62,63)/t28?,35-,36-,45?/m0/s1. The van der Waals surface area contributed by atoms with E-state index in [0.29, 0.717) is 70.4 Å². The largest absolute Gasteiger partial charge is 0.493 e. The fourth-order valence-electron chi connectivity index (χ4n) is 8.09. The first-order valence-corrected chi connectivity index (χ1v) is 21.9. The van der Waals surface area contributed by atoms with Gasteiger partial charge in [-0.05, 0) is 71.5 Å². The van der Waals surface area contributed by atoms with Crippen LogP contribution in [-0.4, -0.2) is 109 Å². The molecule has 4 heterocycles. The summed E-state index contributed by atoms with van der Waals surface area (Å²) in [6, 6.07) is 18.3. The smallest absolute Gasteiger partial charge is 0.335 e. The molecule has 0 saturated carbocycles. The zero-order chi connectivity index (χ0) is 47.5. The van der Waals surface area contributed by atoms with Gasteiger partial charge in [0.25, 0.3) is 11.8 Å². The normalized spacial score (nSPS) is 17.8. The molecule has 0 saturated heterocycles. The molecule has 2 unspecified atom stereocenters. The van der Waals surface area contributed by atoms with Crippen LogP contribution in [0.4, 0.5) is 17.1 Å². The fourth-order valence-corrected chi connectivity index (χ4v) is 8.09. The summed E-state index contributed by atoms with van der Waals surface area (Å²) in [6.45, 7) is 5.76. The number of carbonyl (C=O) groups excluding carboxylic acids is 4. The number of nitrogens with two attached hydrogens (primary N) is 1. The van der Waals surface area contributed by atoms with Gasteiger partial charge in [-0.1, -0.05) is 38.1 Å². The molecule has 8 rings (SSSR count). The molecular weight excluding hydrogens is 859 g/mol. The van der Waals surface area contributed by atoms with Crippen LogP contribution in [0.25, 0.3) is 11.1 Å². The Labute approximate surface area is 386 Å². The molecule has 17 nitrogen and oxygen atoms in total. The van der Waals surface area contributed by atoms with Gasteiger partial charge in [0.15, 0.2) is 23.0 Å². The molecule has 4 amide bonds. The van der Waals surface area contributed by atoms with Gasteiger partial charge < -0.3 is 50.2 Å². The monoisotopic (exact) mass is 909 g/mol. The minimum absolute atomic E-state index is 0.0652. The molecule has 0 fully saturated rings. The molecule has 67 heavy (non-hydrogen) atoms. The maximum atomic E-state index is 14.0. The Hall–Kier alpha value is -7.79. The third kappa shape index (κ3) is 9.63. The first-order valence-electron chi connectivity index (χ1n) is 21.9. The van der Waals surface area contributed by atoms with Crippen molar-refractivity contribution in [1.82, 2.24) is 15.1 Å². The van der Waals surface area contributed by atoms with E-state index in [1.165, 1.54) is 14.2 Å². The third-order valence-corrected chi connectivity index (χ3v) is 12.0. The number of nitrogens with zero attached hydrogens (tertiary/aromatic N) is 4. The third-order valence-electron chi connectivity index (χ3n) is 12.0. The van der Waals surface area contributed by atoms with Crippen molar-refractivity contribution in [3.05, 3.63) is 113 Å². The molecule has 4 aliphatic rings. The molecular formula is C50H51N7O10. The van der Waals surface area contributed by atoms with Gasteiger partial charge in [-0.15, -0.1) is 0 Å². The Kier molecular flexibility index (Phi) is 13.2. The zero-order valence-corrected chi connectivity index (χ0v) is 37.6. The first kappa shape index (κ1) is 45.8. The lowest BCUT2D eigenvalue weighted by Gasteiger charge is -2.19. The maximum Gasteiger partial charge on any atom is 0.335 e. The number of ether oxygens (including phenoxy) is 4. The average Bonchev–Trinajstić information content (AvgIpc) is 3.91. The molecule has 5 N–H and O–H groups in total. The molecule has 0 aromatic heterocycles. The summed E-state index contributed by atoms with van der Waals surface area (Å²) >= 11 is 0. The fraction of sp³-hybridized carbons (Fsp3) is 0.300. The van der Waals surface area contributed by atoms with E-state index in [9.17, 15) is 29.1 Å². The van der Waals surface area contributed by atoms with Gasteiger partial charge in [0.1, 0.15) is 6.04 Å². The number of hydrogen-bond donors (Lipinski definition) is 4. The van der Waals surface area contributed by atoms with Crippen LogP contribution >= 0.6 is 0 Å². The Bertz CT molecular complexity index is 2750. The summed E-state index contributed by atoms with van der Waals surface area (Å²) in [4.78, 5) is 76.8. The van der Waals surface area contributed by atoms with Crippen LogP contribution < -0.4 is 35.3 Å². The van der Waals surface area contributed by atoms with E-state index in [2.05, 4.69) is 15.6 Å². The second kappa shape index (κ2) is 19.4. The topological polar surface area (TPSA) is 224 Å².